The second-order valence-electron chi connectivity index (χ2n) is 1.47. The molecule has 1 N–H and O–H groups in total. The lowest BCUT2D eigenvalue weighted by Gasteiger charge is -2.11. The molecule has 0 aromatic carbocycles. The standard InChI is InChI=1S/C3HN3O3S/c7-1-2(8)4-5-6(10)3(1)9/h6H. The molecule has 7 heteroatoms. The van der Waals surface area contributed by atoms with Gasteiger partial charge in [0, 0.05) is 5.22 Å². The maximum Gasteiger partial charge on any atom is 0.399 e. The Morgan fingerprint density at radius 3 is 2.40 bits per heavy atom. The molecule has 6 nitrogen and oxygen atoms in total. The van der Waals surface area contributed by atoms with E-state index in [1.807, 2.05) is 0 Å². The van der Waals surface area contributed by atoms with Crippen molar-refractivity contribution in [2.75, 3.05) is 0 Å². The van der Waals surface area contributed by atoms with Crippen LogP contribution in [0.1, 0.15) is 0 Å². The Morgan fingerprint density at radius 2 is 1.90 bits per heavy atom. The monoisotopic (exact) mass is 159 g/mol. The highest BCUT2D eigenvalue weighted by atomic mass is 32.1. The van der Waals surface area contributed by atoms with E-state index in [1.54, 1.807) is 0 Å². The SMILES string of the molecule is O=C1N=N[NH+]([S-])C(=O)C1=O. The summed E-state index contributed by atoms with van der Waals surface area (Å²) in [5.41, 5.74) is 0. The van der Waals surface area contributed by atoms with Crippen LogP contribution in [0.3, 0.4) is 0 Å². The molecule has 0 spiro atoms. The summed E-state index contributed by atoms with van der Waals surface area (Å²) in [7, 11) is 0. The van der Waals surface area contributed by atoms with Crippen LogP contribution in [0.15, 0.2) is 10.3 Å². The summed E-state index contributed by atoms with van der Waals surface area (Å²) in [6.07, 6.45) is 0. The smallest absolute Gasteiger partial charge is 0.399 e. The Morgan fingerprint density at radius 1 is 1.30 bits per heavy atom. The summed E-state index contributed by atoms with van der Waals surface area (Å²) in [4.78, 5) is 31.1. The predicted octanol–water partition coefficient (Wildman–Crippen LogP) is -2.66. The number of carbonyl (C=O) groups is 3. The van der Waals surface area contributed by atoms with Crippen LogP contribution < -0.4 is 4.41 Å². The van der Waals surface area contributed by atoms with Crippen molar-refractivity contribution in [3.05, 3.63) is 0 Å². The molecule has 1 atom stereocenters. The average Bonchev–Trinajstić information content (AvgIpc) is 1.93. The van der Waals surface area contributed by atoms with Gasteiger partial charge in [0.2, 0.25) is 0 Å². The first-order valence-corrected chi connectivity index (χ1v) is 2.62. The van der Waals surface area contributed by atoms with E-state index in [4.69, 9.17) is 0 Å². The van der Waals surface area contributed by atoms with Gasteiger partial charge in [-0.05, 0) is 0 Å². The van der Waals surface area contributed by atoms with Gasteiger partial charge in [-0.15, -0.1) is 0 Å². The van der Waals surface area contributed by atoms with Gasteiger partial charge in [-0.2, -0.15) is 0 Å². The second kappa shape index (κ2) is 2.27. The van der Waals surface area contributed by atoms with Gasteiger partial charge in [0.25, 0.3) is 0 Å². The van der Waals surface area contributed by atoms with Gasteiger partial charge in [0.15, 0.2) is 0 Å². The lowest BCUT2D eigenvalue weighted by Crippen LogP contribution is -3.07. The van der Waals surface area contributed by atoms with Crippen LogP contribution >= 0.6 is 0 Å². The molecule has 1 aliphatic rings. The number of hydrogen-bond acceptors (Lipinski definition) is 5. The number of quaternary nitrogens is 1. The minimum absolute atomic E-state index is 0.454. The van der Waals surface area contributed by atoms with Gasteiger partial charge in [0.05, 0.1) is 0 Å². The largest absolute Gasteiger partial charge is 0.451 e. The van der Waals surface area contributed by atoms with Crippen LogP contribution in [0, 0.1) is 0 Å². The van der Waals surface area contributed by atoms with Crippen molar-refractivity contribution in [3.8, 4) is 0 Å². The molecule has 1 rings (SSSR count). The van der Waals surface area contributed by atoms with E-state index in [0.29, 0.717) is 0 Å². The first-order chi connectivity index (χ1) is 4.63. The normalized spacial score (nSPS) is 25.7. The summed E-state index contributed by atoms with van der Waals surface area (Å²) in [5, 5.41) is 5.80. The number of nitrogens with one attached hydrogen (secondary N) is 1. The lowest BCUT2D eigenvalue weighted by atomic mass is 10.3. The molecule has 0 bridgehead atoms. The molecule has 1 unspecified atom stereocenters. The molecule has 0 aliphatic carbocycles. The minimum atomic E-state index is -1.21. The second-order valence-corrected chi connectivity index (χ2v) is 1.86. The fraction of sp³-hybridized carbons (Fsp3) is 0. The van der Waals surface area contributed by atoms with Crippen molar-refractivity contribution in [3.63, 3.8) is 0 Å². The highest BCUT2D eigenvalue weighted by Crippen LogP contribution is 1.82. The number of ketones is 1. The van der Waals surface area contributed by atoms with Crippen LogP contribution in [-0.2, 0) is 27.2 Å². The summed E-state index contributed by atoms with van der Waals surface area (Å²) in [6, 6.07) is 0. The van der Waals surface area contributed by atoms with Gasteiger partial charge in [-0.3, -0.25) is 9.59 Å². The van der Waals surface area contributed by atoms with Gasteiger partial charge >= 0.3 is 17.6 Å². The molecule has 0 fully saturated rings. The Labute approximate surface area is 60.4 Å². The molecule has 10 heavy (non-hydrogen) atoms. The lowest BCUT2D eigenvalue weighted by molar-refractivity contribution is -0.677. The van der Waals surface area contributed by atoms with E-state index in [1.165, 1.54) is 0 Å². The molecule has 0 saturated heterocycles. The molecule has 0 aromatic heterocycles. The van der Waals surface area contributed by atoms with Crippen LogP contribution in [0.25, 0.3) is 0 Å². The molecule has 2 amide bonds. The van der Waals surface area contributed by atoms with Crippen molar-refractivity contribution in [1.29, 1.82) is 0 Å². The first kappa shape index (κ1) is 7.03. The fourth-order valence-corrected chi connectivity index (χ4v) is 0.509. The fourth-order valence-electron chi connectivity index (χ4n) is 0.376. The molecular formula is C3HN3O3S. The molecular weight excluding hydrogens is 158 g/mol. The first-order valence-electron chi connectivity index (χ1n) is 2.21. The number of carbonyl (C=O) groups excluding carboxylic acids is 3. The quantitative estimate of drug-likeness (QED) is 0.309. The van der Waals surface area contributed by atoms with Gasteiger partial charge < -0.3 is 12.8 Å². The Kier molecular flexibility index (Phi) is 1.60. The van der Waals surface area contributed by atoms with Gasteiger partial charge in [-0.25, -0.2) is 9.21 Å². The molecule has 0 aromatic rings. The van der Waals surface area contributed by atoms with Gasteiger partial charge in [-0.1, -0.05) is 5.11 Å². The van der Waals surface area contributed by atoms with Crippen LogP contribution in [-0.4, -0.2) is 17.6 Å². The van der Waals surface area contributed by atoms with E-state index in [-0.39, 0.29) is 0 Å². The van der Waals surface area contributed by atoms with E-state index < -0.39 is 22.0 Å². The van der Waals surface area contributed by atoms with Crippen LogP contribution in [0.2, 0.25) is 0 Å². The number of amides is 2. The third-order valence-electron chi connectivity index (χ3n) is 0.826. The molecule has 1 heterocycles. The summed E-state index contributed by atoms with van der Waals surface area (Å²) in [5.74, 6) is -3.41. The number of hydrogen-bond donors (Lipinski definition) is 1. The predicted molar refractivity (Wildman–Crippen MR) is 28.2 cm³/mol. The molecule has 0 saturated carbocycles. The number of Topliss-reactive ketones (excluding diaryl/α,β-unsaturated/α-hetero) is 1. The van der Waals surface area contributed by atoms with E-state index >= 15 is 0 Å². The highest BCUT2D eigenvalue weighted by molar-refractivity contribution is 7.51. The molecule has 52 valence electrons. The van der Waals surface area contributed by atoms with Crippen molar-refractivity contribution in [2.45, 2.75) is 0 Å². The Bertz CT molecular complexity index is 247. The maximum absolute atomic E-state index is 10.5. The minimum Gasteiger partial charge on any atom is -0.451 e. The van der Waals surface area contributed by atoms with Crippen molar-refractivity contribution in [1.82, 2.24) is 0 Å². The van der Waals surface area contributed by atoms with Crippen molar-refractivity contribution < 1.29 is 18.8 Å². The van der Waals surface area contributed by atoms with E-state index in [2.05, 4.69) is 23.2 Å². The van der Waals surface area contributed by atoms with Crippen LogP contribution in [0.5, 0.6) is 0 Å². The summed E-state index contributed by atoms with van der Waals surface area (Å²) < 4.78 is -0.454. The Hall–Kier alpha value is -1.08. The topological polar surface area (TPSA) is 80.4 Å². The zero-order chi connectivity index (χ0) is 7.72. The number of rotatable bonds is 0. The van der Waals surface area contributed by atoms with Gasteiger partial charge in [0.1, 0.15) is 0 Å². The third-order valence-corrected chi connectivity index (χ3v) is 1.09. The maximum atomic E-state index is 10.5. The highest BCUT2D eigenvalue weighted by Gasteiger charge is 2.32. The van der Waals surface area contributed by atoms with Crippen molar-refractivity contribution in [2.24, 2.45) is 10.3 Å². The zero-order valence-electron chi connectivity index (χ0n) is 4.53. The summed E-state index contributed by atoms with van der Waals surface area (Å²) >= 11 is 4.28. The molecule has 1 aliphatic heterocycles. The Balaban J connectivity index is 3.01. The van der Waals surface area contributed by atoms with E-state index in [9.17, 15) is 14.4 Å². The van der Waals surface area contributed by atoms with Crippen LogP contribution in [0.4, 0.5) is 0 Å². The summed E-state index contributed by atoms with van der Waals surface area (Å²) in [6.45, 7) is 0. The molecule has 0 radical (unpaired) electrons. The van der Waals surface area contributed by atoms with Crippen molar-refractivity contribution >= 4 is 30.4 Å². The van der Waals surface area contributed by atoms with E-state index in [0.717, 1.165) is 0 Å². The number of nitrogens with zero attached hydrogens (tertiary/aromatic N) is 2. The third kappa shape index (κ3) is 0.957. The zero-order valence-corrected chi connectivity index (χ0v) is 5.34. The average molecular weight is 159 g/mol.